The number of aromatic nitrogens is 4. The van der Waals surface area contributed by atoms with Crippen molar-refractivity contribution in [3.8, 4) is 21.8 Å². The molecule has 0 saturated heterocycles. The molecule has 178 valence electrons. The third-order valence-electron chi connectivity index (χ3n) is 5.41. The van der Waals surface area contributed by atoms with Gasteiger partial charge in [-0.05, 0) is 56.7 Å². The zero-order valence-corrected chi connectivity index (χ0v) is 20.9. The first kappa shape index (κ1) is 22.9. The van der Waals surface area contributed by atoms with E-state index in [1.54, 1.807) is 31.2 Å². The summed E-state index contributed by atoms with van der Waals surface area (Å²) in [6.45, 7) is 5.52. The van der Waals surface area contributed by atoms with E-state index in [0.29, 0.717) is 22.3 Å². The van der Waals surface area contributed by atoms with Crippen molar-refractivity contribution in [2.45, 2.75) is 26.4 Å². The second-order valence-electron chi connectivity index (χ2n) is 9.35. The molecule has 3 heterocycles. The highest BCUT2D eigenvalue weighted by Crippen LogP contribution is 2.34. The minimum absolute atomic E-state index is 0.330. The predicted octanol–water partition coefficient (Wildman–Crippen LogP) is 6.42. The van der Waals surface area contributed by atoms with Crippen LogP contribution in [-0.2, 0) is 11.8 Å². The third kappa shape index (κ3) is 4.59. The molecule has 0 aliphatic carbocycles. The van der Waals surface area contributed by atoms with Crippen LogP contribution in [0, 0.1) is 5.82 Å². The fourth-order valence-corrected chi connectivity index (χ4v) is 4.75. The fourth-order valence-electron chi connectivity index (χ4n) is 3.74. The number of nitrogens with zero attached hydrogens (tertiary/aromatic N) is 5. The zero-order valence-electron chi connectivity index (χ0n) is 20.0. The molecule has 0 saturated carbocycles. The molecular weight excluding hydrogens is 465 g/mol. The van der Waals surface area contributed by atoms with Gasteiger partial charge in [0.1, 0.15) is 15.9 Å². The molecular formula is C26H24FN5O2S. The van der Waals surface area contributed by atoms with Gasteiger partial charge in [0.05, 0.1) is 0 Å². The van der Waals surface area contributed by atoms with E-state index < -0.39 is 17.5 Å². The number of thiophene rings is 1. The molecule has 0 radical (unpaired) electrons. The fraction of sp³-hybridized carbons (Fsp3) is 0.231. The van der Waals surface area contributed by atoms with Crippen molar-refractivity contribution in [3.63, 3.8) is 0 Å². The Morgan fingerprint density at radius 2 is 1.83 bits per heavy atom. The van der Waals surface area contributed by atoms with E-state index in [4.69, 9.17) is 9.72 Å². The lowest BCUT2D eigenvalue weighted by Gasteiger charge is -2.24. The van der Waals surface area contributed by atoms with Crippen LogP contribution in [0.1, 0.15) is 20.8 Å². The lowest BCUT2D eigenvalue weighted by Crippen LogP contribution is -2.34. The third-order valence-corrected chi connectivity index (χ3v) is 6.51. The van der Waals surface area contributed by atoms with Crippen LogP contribution in [0.5, 0.6) is 0 Å². The molecule has 0 N–H and O–H groups in total. The number of fused-ring (bicyclic) bond motifs is 2. The number of halogens is 1. The Balaban J connectivity index is 1.42. The maximum atomic E-state index is 14.5. The molecule has 0 aliphatic rings. The van der Waals surface area contributed by atoms with Crippen LogP contribution in [0.25, 0.3) is 42.9 Å². The Kier molecular flexibility index (Phi) is 5.52. The van der Waals surface area contributed by atoms with Crippen LogP contribution in [0.2, 0.25) is 0 Å². The molecule has 3 aromatic heterocycles. The SMILES string of the molecule is CN(C(=O)OC(C)(C)C)c1ccc(-c2cc3cnc(-c4cc(F)c5nn(C)cc5c4)nc3s2)cc1. The number of amides is 1. The molecule has 0 atom stereocenters. The van der Waals surface area contributed by atoms with Crippen LogP contribution in [0.15, 0.2) is 54.9 Å². The lowest BCUT2D eigenvalue weighted by molar-refractivity contribution is 0.0589. The van der Waals surface area contributed by atoms with Crippen LogP contribution < -0.4 is 4.90 Å². The molecule has 0 bridgehead atoms. The van der Waals surface area contributed by atoms with Gasteiger partial charge in [0.25, 0.3) is 0 Å². The highest BCUT2D eigenvalue weighted by molar-refractivity contribution is 7.21. The van der Waals surface area contributed by atoms with Gasteiger partial charge in [-0.1, -0.05) is 12.1 Å². The standard InChI is InChI=1S/C26H24FN5O2S/c1-26(2,3)34-25(33)32(5)19-8-6-15(7-9-19)21-12-17-13-28-23(29-24(17)35-21)16-10-18-14-31(4)30-22(18)20(27)11-16/h6-14H,1-5H3. The molecule has 35 heavy (non-hydrogen) atoms. The second kappa shape index (κ2) is 8.42. The second-order valence-corrected chi connectivity index (χ2v) is 10.4. The van der Waals surface area contributed by atoms with Gasteiger partial charge in [-0.3, -0.25) is 9.58 Å². The van der Waals surface area contributed by atoms with Gasteiger partial charge >= 0.3 is 6.09 Å². The van der Waals surface area contributed by atoms with Gasteiger partial charge in [0.15, 0.2) is 11.6 Å². The van der Waals surface area contributed by atoms with Crippen molar-refractivity contribution in [1.29, 1.82) is 0 Å². The van der Waals surface area contributed by atoms with Crippen molar-refractivity contribution in [2.75, 3.05) is 11.9 Å². The maximum Gasteiger partial charge on any atom is 0.414 e. The predicted molar refractivity (Wildman–Crippen MR) is 137 cm³/mol. The molecule has 9 heteroatoms. The van der Waals surface area contributed by atoms with E-state index in [2.05, 4.69) is 10.1 Å². The minimum Gasteiger partial charge on any atom is -0.443 e. The van der Waals surface area contributed by atoms with E-state index in [1.165, 1.54) is 22.3 Å². The maximum absolute atomic E-state index is 14.5. The normalized spacial score (nSPS) is 11.8. The summed E-state index contributed by atoms with van der Waals surface area (Å²) in [5, 5.41) is 5.76. The number of rotatable bonds is 3. The summed E-state index contributed by atoms with van der Waals surface area (Å²) in [5.41, 5.74) is 2.11. The molecule has 0 aliphatic heterocycles. The van der Waals surface area contributed by atoms with E-state index in [9.17, 15) is 9.18 Å². The number of aryl methyl sites for hydroxylation is 1. The Bertz CT molecular complexity index is 1570. The monoisotopic (exact) mass is 489 g/mol. The summed E-state index contributed by atoms with van der Waals surface area (Å²) < 4.78 is 21.6. The molecule has 2 aromatic carbocycles. The first-order valence-electron chi connectivity index (χ1n) is 11.0. The van der Waals surface area contributed by atoms with E-state index in [-0.39, 0.29) is 0 Å². The average Bonchev–Trinajstić information content (AvgIpc) is 3.40. The minimum atomic E-state index is -0.558. The van der Waals surface area contributed by atoms with Crippen LogP contribution >= 0.6 is 11.3 Å². The largest absolute Gasteiger partial charge is 0.443 e. The highest BCUT2D eigenvalue weighted by atomic mass is 32.1. The molecule has 5 rings (SSSR count). The van der Waals surface area contributed by atoms with E-state index in [1.807, 2.05) is 57.2 Å². The van der Waals surface area contributed by atoms with Gasteiger partial charge in [0.2, 0.25) is 0 Å². The van der Waals surface area contributed by atoms with Gasteiger partial charge in [0, 0.05) is 53.4 Å². The zero-order chi connectivity index (χ0) is 24.9. The van der Waals surface area contributed by atoms with E-state index >= 15 is 0 Å². The Labute approximate surface area is 205 Å². The average molecular weight is 490 g/mol. The van der Waals surface area contributed by atoms with Crippen LogP contribution in [-0.4, -0.2) is 38.5 Å². The number of hydrogen-bond acceptors (Lipinski definition) is 6. The van der Waals surface area contributed by atoms with Crippen molar-refractivity contribution >= 4 is 44.2 Å². The Hall–Kier alpha value is -3.85. The molecule has 0 fully saturated rings. The summed E-state index contributed by atoms with van der Waals surface area (Å²) in [6, 6.07) is 13.0. The Morgan fingerprint density at radius 3 is 2.54 bits per heavy atom. The smallest absolute Gasteiger partial charge is 0.414 e. The summed E-state index contributed by atoms with van der Waals surface area (Å²) in [7, 11) is 3.45. The highest BCUT2D eigenvalue weighted by Gasteiger charge is 2.20. The van der Waals surface area contributed by atoms with Crippen molar-refractivity contribution < 1.29 is 13.9 Å². The summed E-state index contributed by atoms with van der Waals surface area (Å²) in [6.07, 6.45) is 3.12. The summed E-state index contributed by atoms with van der Waals surface area (Å²) >= 11 is 1.53. The molecule has 1 amide bonds. The molecule has 7 nitrogen and oxygen atoms in total. The van der Waals surface area contributed by atoms with Gasteiger partial charge in [-0.2, -0.15) is 5.10 Å². The quantitative estimate of drug-likeness (QED) is 0.292. The van der Waals surface area contributed by atoms with Crippen molar-refractivity contribution in [1.82, 2.24) is 19.7 Å². The topological polar surface area (TPSA) is 73.1 Å². The van der Waals surface area contributed by atoms with Crippen LogP contribution in [0.4, 0.5) is 14.9 Å². The lowest BCUT2D eigenvalue weighted by atomic mass is 10.1. The first-order chi connectivity index (χ1) is 16.6. The molecule has 0 spiro atoms. The summed E-state index contributed by atoms with van der Waals surface area (Å²) in [5.74, 6) is 0.0648. The first-order valence-corrected chi connectivity index (χ1v) is 11.9. The molecule has 5 aromatic rings. The van der Waals surface area contributed by atoms with Crippen molar-refractivity contribution in [3.05, 3.63) is 60.7 Å². The van der Waals surface area contributed by atoms with Crippen molar-refractivity contribution in [2.24, 2.45) is 7.05 Å². The molecule has 0 unspecified atom stereocenters. The van der Waals surface area contributed by atoms with Gasteiger partial charge in [-0.15, -0.1) is 11.3 Å². The number of anilines is 1. The number of hydrogen-bond donors (Lipinski definition) is 0. The Morgan fingerprint density at radius 1 is 1.09 bits per heavy atom. The number of ether oxygens (including phenoxy) is 1. The number of benzene rings is 2. The van der Waals surface area contributed by atoms with Crippen LogP contribution in [0.3, 0.4) is 0 Å². The number of carbonyl (C=O) groups excluding carboxylic acids is 1. The van der Waals surface area contributed by atoms with E-state index in [0.717, 1.165) is 26.3 Å². The van der Waals surface area contributed by atoms with Gasteiger partial charge < -0.3 is 4.74 Å². The van der Waals surface area contributed by atoms with Gasteiger partial charge in [-0.25, -0.2) is 19.2 Å². The summed E-state index contributed by atoms with van der Waals surface area (Å²) in [4.78, 5) is 24.8. The number of carbonyl (C=O) groups is 1.